The van der Waals surface area contributed by atoms with Crippen molar-refractivity contribution >= 4 is 55.7 Å². The van der Waals surface area contributed by atoms with Gasteiger partial charge in [0.05, 0.1) is 16.7 Å². The summed E-state index contributed by atoms with van der Waals surface area (Å²) in [5, 5.41) is 0.298. The Morgan fingerprint density at radius 2 is 2.08 bits per heavy atom. The first kappa shape index (κ1) is 10.8. The molecule has 1 aromatic rings. The molecule has 0 spiro atoms. The zero-order chi connectivity index (χ0) is 10.0. The van der Waals surface area contributed by atoms with E-state index >= 15 is 0 Å². The topological polar surface area (TPSA) is 69.1 Å². The van der Waals surface area contributed by atoms with Gasteiger partial charge >= 0.3 is 0 Å². The number of ketones is 1. The lowest BCUT2D eigenvalue weighted by molar-refractivity contribution is 0.102. The molecule has 1 rings (SSSR count). The molecule has 1 aromatic carbocycles. The SMILES string of the molecule is Nc1ccc(C(=O)CBr)c(I)c1N. The number of halogens is 2. The molecule has 0 saturated carbocycles. The lowest BCUT2D eigenvalue weighted by atomic mass is 10.1. The van der Waals surface area contributed by atoms with Crippen molar-refractivity contribution in [2.45, 2.75) is 0 Å². The maximum atomic E-state index is 11.3. The monoisotopic (exact) mass is 354 g/mol. The Bertz CT molecular complexity index is 354. The second-order valence-corrected chi connectivity index (χ2v) is 4.13. The Morgan fingerprint density at radius 3 is 2.62 bits per heavy atom. The molecule has 0 amide bonds. The third kappa shape index (κ3) is 2.14. The molecule has 0 aliphatic carbocycles. The van der Waals surface area contributed by atoms with Gasteiger partial charge in [-0.25, -0.2) is 0 Å². The number of carbonyl (C=O) groups is 1. The molecule has 0 bridgehead atoms. The molecule has 70 valence electrons. The molecule has 0 fully saturated rings. The molecule has 0 unspecified atom stereocenters. The summed E-state index contributed by atoms with van der Waals surface area (Å²) in [6.45, 7) is 0. The van der Waals surface area contributed by atoms with Crippen molar-refractivity contribution in [3.63, 3.8) is 0 Å². The van der Waals surface area contributed by atoms with Gasteiger partial charge in [0.25, 0.3) is 0 Å². The highest BCUT2D eigenvalue weighted by Crippen LogP contribution is 2.25. The number of benzene rings is 1. The number of rotatable bonds is 2. The van der Waals surface area contributed by atoms with Gasteiger partial charge in [0.1, 0.15) is 0 Å². The van der Waals surface area contributed by atoms with Gasteiger partial charge in [0.2, 0.25) is 0 Å². The molecule has 0 aromatic heterocycles. The van der Waals surface area contributed by atoms with E-state index in [1.54, 1.807) is 12.1 Å². The van der Waals surface area contributed by atoms with Crippen molar-refractivity contribution in [1.82, 2.24) is 0 Å². The standard InChI is InChI=1S/C8H8BrIN2O/c9-3-6(13)4-1-2-5(11)8(12)7(4)10/h1-2H,3,11-12H2. The first-order chi connectivity index (χ1) is 6.07. The molecule has 3 nitrogen and oxygen atoms in total. The predicted molar refractivity (Wildman–Crippen MR) is 66.1 cm³/mol. The van der Waals surface area contributed by atoms with Crippen molar-refractivity contribution in [1.29, 1.82) is 0 Å². The summed E-state index contributed by atoms with van der Waals surface area (Å²) >= 11 is 5.13. The maximum Gasteiger partial charge on any atom is 0.174 e. The minimum atomic E-state index is 0.0103. The van der Waals surface area contributed by atoms with Gasteiger partial charge in [-0.05, 0) is 34.7 Å². The van der Waals surface area contributed by atoms with E-state index in [0.717, 1.165) is 3.57 Å². The van der Waals surface area contributed by atoms with E-state index in [9.17, 15) is 4.79 Å². The van der Waals surface area contributed by atoms with Crippen LogP contribution in [0.15, 0.2) is 12.1 Å². The molecule has 0 heterocycles. The van der Waals surface area contributed by atoms with E-state index in [2.05, 4.69) is 15.9 Å². The van der Waals surface area contributed by atoms with E-state index in [4.69, 9.17) is 11.5 Å². The van der Waals surface area contributed by atoms with Crippen LogP contribution in [-0.2, 0) is 0 Å². The third-order valence-corrected chi connectivity index (χ3v) is 3.31. The minimum Gasteiger partial charge on any atom is -0.397 e. The zero-order valence-electron chi connectivity index (χ0n) is 6.68. The minimum absolute atomic E-state index is 0.0103. The van der Waals surface area contributed by atoms with Crippen LogP contribution in [0.2, 0.25) is 0 Å². The summed E-state index contributed by atoms with van der Waals surface area (Å²) in [7, 11) is 0. The smallest absolute Gasteiger partial charge is 0.174 e. The van der Waals surface area contributed by atoms with E-state index in [1.807, 2.05) is 22.6 Å². The Kier molecular flexibility index (Phi) is 3.55. The zero-order valence-corrected chi connectivity index (χ0v) is 10.4. The van der Waals surface area contributed by atoms with Crippen LogP contribution in [0.5, 0.6) is 0 Å². The van der Waals surface area contributed by atoms with Gasteiger partial charge in [-0.3, -0.25) is 4.79 Å². The Hall–Kier alpha value is -0.300. The number of carbonyl (C=O) groups excluding carboxylic acids is 1. The number of alkyl halides is 1. The van der Waals surface area contributed by atoms with Gasteiger partial charge in [0, 0.05) is 9.13 Å². The van der Waals surface area contributed by atoms with Crippen LogP contribution < -0.4 is 11.5 Å². The second-order valence-electron chi connectivity index (χ2n) is 2.49. The van der Waals surface area contributed by atoms with Gasteiger partial charge in [0.15, 0.2) is 5.78 Å². The molecule has 0 aliphatic heterocycles. The van der Waals surface area contributed by atoms with Crippen molar-refractivity contribution in [2.75, 3.05) is 16.8 Å². The van der Waals surface area contributed by atoms with Crippen LogP contribution >= 0.6 is 38.5 Å². The van der Waals surface area contributed by atoms with Crippen molar-refractivity contribution in [2.24, 2.45) is 0 Å². The lowest BCUT2D eigenvalue weighted by Crippen LogP contribution is -2.07. The fourth-order valence-electron chi connectivity index (χ4n) is 0.895. The molecular formula is C8H8BrIN2O. The highest BCUT2D eigenvalue weighted by molar-refractivity contribution is 14.1. The maximum absolute atomic E-state index is 11.3. The lowest BCUT2D eigenvalue weighted by Gasteiger charge is -2.06. The van der Waals surface area contributed by atoms with E-state index in [0.29, 0.717) is 22.3 Å². The number of nitrogens with two attached hydrogens (primary N) is 2. The molecule has 0 saturated heterocycles. The van der Waals surface area contributed by atoms with Crippen LogP contribution in [0, 0.1) is 3.57 Å². The summed E-state index contributed by atoms with van der Waals surface area (Å²) in [5.41, 5.74) is 12.9. The average Bonchev–Trinajstić information content (AvgIpc) is 2.13. The molecular weight excluding hydrogens is 347 g/mol. The van der Waals surface area contributed by atoms with Gasteiger partial charge in [-0.1, -0.05) is 15.9 Å². The molecule has 13 heavy (non-hydrogen) atoms. The van der Waals surface area contributed by atoms with Crippen LogP contribution in [-0.4, -0.2) is 11.1 Å². The molecule has 0 aliphatic rings. The number of Topliss-reactive ketones (excluding diaryl/α,β-unsaturated/α-hetero) is 1. The van der Waals surface area contributed by atoms with E-state index in [1.165, 1.54) is 0 Å². The van der Waals surface area contributed by atoms with Crippen LogP contribution in [0.3, 0.4) is 0 Å². The van der Waals surface area contributed by atoms with Crippen LogP contribution in [0.25, 0.3) is 0 Å². The molecule has 5 heteroatoms. The van der Waals surface area contributed by atoms with Gasteiger partial charge in [-0.2, -0.15) is 0 Å². The van der Waals surface area contributed by atoms with E-state index < -0.39 is 0 Å². The molecule has 4 N–H and O–H groups in total. The first-order valence-electron chi connectivity index (χ1n) is 3.50. The highest BCUT2D eigenvalue weighted by atomic mass is 127. The largest absolute Gasteiger partial charge is 0.397 e. The average molecular weight is 355 g/mol. The van der Waals surface area contributed by atoms with Gasteiger partial charge in [-0.15, -0.1) is 0 Å². The van der Waals surface area contributed by atoms with Crippen molar-refractivity contribution < 1.29 is 4.79 Å². The molecule has 0 atom stereocenters. The third-order valence-electron chi connectivity index (χ3n) is 1.64. The van der Waals surface area contributed by atoms with Crippen molar-refractivity contribution in [3.8, 4) is 0 Å². The normalized spacial score (nSPS) is 10.0. The van der Waals surface area contributed by atoms with Gasteiger partial charge < -0.3 is 11.5 Å². The number of nitrogen functional groups attached to an aromatic ring is 2. The summed E-state index contributed by atoms with van der Waals surface area (Å²) in [6, 6.07) is 3.34. The quantitative estimate of drug-likeness (QED) is 0.369. The molecule has 0 radical (unpaired) electrons. The Labute approximate surface area is 98.1 Å². The summed E-state index contributed by atoms with van der Waals surface area (Å²) < 4.78 is 0.724. The second kappa shape index (κ2) is 4.28. The van der Waals surface area contributed by atoms with Crippen LogP contribution in [0.4, 0.5) is 11.4 Å². The summed E-state index contributed by atoms with van der Waals surface area (Å²) in [4.78, 5) is 11.3. The highest BCUT2D eigenvalue weighted by Gasteiger charge is 2.11. The fraction of sp³-hybridized carbons (Fsp3) is 0.125. The Balaban J connectivity index is 3.26. The summed E-state index contributed by atoms with van der Waals surface area (Å²) in [5.74, 6) is 0.0103. The predicted octanol–water partition coefficient (Wildman–Crippen LogP) is 2.03. The van der Waals surface area contributed by atoms with Crippen LogP contribution in [0.1, 0.15) is 10.4 Å². The number of hydrogen-bond acceptors (Lipinski definition) is 3. The fourth-order valence-corrected chi connectivity index (χ4v) is 1.99. The van der Waals surface area contributed by atoms with Crippen molar-refractivity contribution in [3.05, 3.63) is 21.3 Å². The first-order valence-corrected chi connectivity index (χ1v) is 5.70. The summed E-state index contributed by atoms with van der Waals surface area (Å²) in [6.07, 6.45) is 0. The number of hydrogen-bond donors (Lipinski definition) is 2. The van der Waals surface area contributed by atoms with E-state index in [-0.39, 0.29) is 5.78 Å². The number of anilines is 2. The Morgan fingerprint density at radius 1 is 1.46 bits per heavy atom.